The van der Waals surface area contributed by atoms with Crippen molar-refractivity contribution in [2.45, 2.75) is 25.7 Å². The van der Waals surface area contributed by atoms with Crippen molar-refractivity contribution in [1.29, 1.82) is 0 Å². The molecule has 33 heavy (non-hydrogen) atoms. The second kappa shape index (κ2) is 11.6. The number of ether oxygens (including phenoxy) is 1. The summed E-state index contributed by atoms with van der Waals surface area (Å²) in [5.41, 5.74) is 1.88. The van der Waals surface area contributed by atoms with Gasteiger partial charge < -0.3 is 15.2 Å². The smallest absolute Gasteiger partial charge is 0.337 e. The molecule has 0 radical (unpaired) electrons. The van der Waals surface area contributed by atoms with E-state index in [2.05, 4.69) is 10.1 Å². The number of thioether (sulfide) groups is 1. The predicted molar refractivity (Wildman–Crippen MR) is 133 cm³/mol. The number of phenols is 1. The van der Waals surface area contributed by atoms with Crippen LogP contribution in [0.4, 0.5) is 5.69 Å². The molecule has 2 aromatic rings. The Hall–Kier alpha value is -3.17. The van der Waals surface area contributed by atoms with E-state index in [4.69, 9.17) is 12.2 Å². The number of thiocarbonyl (C=S) groups is 1. The highest BCUT2D eigenvalue weighted by atomic mass is 32.2. The normalized spacial score (nSPS) is 14.6. The Morgan fingerprint density at radius 1 is 1.09 bits per heavy atom. The van der Waals surface area contributed by atoms with E-state index >= 15 is 0 Å². The average Bonchev–Trinajstić information content (AvgIpc) is 3.07. The number of benzene rings is 2. The van der Waals surface area contributed by atoms with E-state index in [0.717, 1.165) is 18.4 Å². The van der Waals surface area contributed by atoms with E-state index in [-0.39, 0.29) is 17.6 Å². The SMILES string of the molecule is COC(=O)c1ccc(/C=C2\SC(=S)N(CCCCCC(=O)Nc3ccc(O)cc3)C2=O)cc1. The fourth-order valence-corrected chi connectivity index (χ4v) is 4.49. The molecule has 1 aliphatic heterocycles. The number of carbonyl (C=O) groups excluding carboxylic acids is 3. The molecule has 7 nitrogen and oxygen atoms in total. The maximum atomic E-state index is 12.7. The minimum absolute atomic E-state index is 0.0903. The third-order valence-corrected chi connectivity index (χ3v) is 6.32. The summed E-state index contributed by atoms with van der Waals surface area (Å²) in [5, 5.41) is 12.1. The van der Waals surface area contributed by atoms with Gasteiger partial charge in [-0.05, 0) is 60.9 Å². The number of phenolic OH excluding ortho intramolecular Hbond substituents is 1. The molecular weight excluding hydrogens is 460 g/mol. The number of methoxy groups -OCH3 is 1. The van der Waals surface area contributed by atoms with E-state index in [1.54, 1.807) is 47.4 Å². The Labute approximate surface area is 201 Å². The van der Waals surface area contributed by atoms with Crippen LogP contribution in [0.25, 0.3) is 6.08 Å². The van der Waals surface area contributed by atoms with Gasteiger partial charge in [-0.2, -0.15) is 0 Å². The van der Waals surface area contributed by atoms with E-state index in [1.165, 1.54) is 31.0 Å². The van der Waals surface area contributed by atoms with Crippen LogP contribution >= 0.6 is 24.0 Å². The van der Waals surface area contributed by atoms with Crippen molar-refractivity contribution in [3.8, 4) is 5.75 Å². The lowest BCUT2D eigenvalue weighted by Gasteiger charge is -2.14. The summed E-state index contributed by atoms with van der Waals surface area (Å²) in [5.74, 6) is -0.486. The highest BCUT2D eigenvalue weighted by Crippen LogP contribution is 2.32. The van der Waals surface area contributed by atoms with Crippen LogP contribution in [0.1, 0.15) is 41.6 Å². The number of aromatic hydroxyl groups is 1. The molecule has 3 rings (SSSR count). The molecule has 2 N–H and O–H groups in total. The quantitative estimate of drug-likeness (QED) is 0.177. The van der Waals surface area contributed by atoms with Crippen LogP contribution in [-0.4, -0.2) is 45.8 Å². The van der Waals surface area contributed by atoms with Crippen molar-refractivity contribution in [2.75, 3.05) is 19.0 Å². The number of rotatable bonds is 9. The number of amides is 2. The molecule has 2 aromatic carbocycles. The van der Waals surface area contributed by atoms with E-state index < -0.39 is 5.97 Å². The highest BCUT2D eigenvalue weighted by molar-refractivity contribution is 8.26. The molecule has 2 amide bonds. The predicted octanol–water partition coefficient (Wildman–Crippen LogP) is 4.58. The molecule has 0 atom stereocenters. The van der Waals surface area contributed by atoms with Crippen LogP contribution in [0.3, 0.4) is 0 Å². The first-order valence-corrected chi connectivity index (χ1v) is 11.6. The Morgan fingerprint density at radius 2 is 1.79 bits per heavy atom. The second-order valence-corrected chi connectivity index (χ2v) is 9.03. The monoisotopic (exact) mass is 484 g/mol. The molecule has 0 unspecified atom stereocenters. The molecule has 1 fully saturated rings. The summed E-state index contributed by atoms with van der Waals surface area (Å²) in [7, 11) is 1.33. The summed E-state index contributed by atoms with van der Waals surface area (Å²) >= 11 is 6.63. The lowest BCUT2D eigenvalue weighted by molar-refractivity contribution is -0.122. The van der Waals surface area contributed by atoms with Gasteiger partial charge in [-0.25, -0.2) is 4.79 Å². The largest absolute Gasteiger partial charge is 0.508 e. The van der Waals surface area contributed by atoms with Gasteiger partial charge >= 0.3 is 5.97 Å². The van der Waals surface area contributed by atoms with Gasteiger partial charge in [0.1, 0.15) is 10.1 Å². The molecule has 1 saturated heterocycles. The summed E-state index contributed by atoms with van der Waals surface area (Å²) < 4.78 is 5.20. The number of anilines is 1. The third kappa shape index (κ3) is 6.90. The van der Waals surface area contributed by atoms with Gasteiger partial charge in [0.2, 0.25) is 5.91 Å². The number of hydrogen-bond acceptors (Lipinski definition) is 7. The van der Waals surface area contributed by atoms with E-state index in [1.807, 2.05) is 0 Å². The summed E-state index contributed by atoms with van der Waals surface area (Å²) in [6.45, 7) is 0.503. The molecule has 1 heterocycles. The Balaban J connectivity index is 1.43. The molecule has 1 aliphatic rings. The van der Waals surface area contributed by atoms with Crippen LogP contribution in [-0.2, 0) is 14.3 Å². The van der Waals surface area contributed by atoms with Crippen molar-refractivity contribution in [2.24, 2.45) is 0 Å². The fraction of sp³-hybridized carbons (Fsp3) is 0.250. The van der Waals surface area contributed by atoms with Crippen molar-refractivity contribution >= 4 is 57.8 Å². The van der Waals surface area contributed by atoms with E-state index in [0.29, 0.717) is 39.9 Å². The lowest BCUT2D eigenvalue weighted by Crippen LogP contribution is -2.29. The van der Waals surface area contributed by atoms with Gasteiger partial charge in [0.15, 0.2) is 0 Å². The van der Waals surface area contributed by atoms with Gasteiger partial charge in [-0.1, -0.05) is 42.5 Å². The number of carbonyl (C=O) groups is 3. The summed E-state index contributed by atoms with van der Waals surface area (Å²) in [4.78, 5) is 38.4. The zero-order valence-electron chi connectivity index (χ0n) is 18.1. The lowest BCUT2D eigenvalue weighted by atomic mass is 10.1. The van der Waals surface area contributed by atoms with Gasteiger partial charge in [0.25, 0.3) is 5.91 Å². The molecular formula is C24H24N2O5S2. The first-order valence-electron chi connectivity index (χ1n) is 10.4. The molecule has 172 valence electrons. The van der Waals surface area contributed by atoms with Crippen molar-refractivity contribution < 1.29 is 24.2 Å². The van der Waals surface area contributed by atoms with Gasteiger partial charge in [0.05, 0.1) is 17.6 Å². The van der Waals surface area contributed by atoms with Crippen LogP contribution in [0, 0.1) is 0 Å². The molecule has 0 bridgehead atoms. The zero-order valence-corrected chi connectivity index (χ0v) is 19.7. The van der Waals surface area contributed by atoms with Gasteiger partial charge in [-0.3, -0.25) is 14.5 Å². The molecule has 0 spiro atoms. The third-order valence-electron chi connectivity index (χ3n) is 4.94. The van der Waals surface area contributed by atoms with Crippen LogP contribution < -0.4 is 5.32 Å². The minimum atomic E-state index is -0.411. The number of hydrogen-bond donors (Lipinski definition) is 2. The summed E-state index contributed by atoms with van der Waals surface area (Å²) in [6, 6.07) is 13.1. The van der Waals surface area contributed by atoms with Crippen molar-refractivity contribution in [3.05, 3.63) is 64.6 Å². The topological polar surface area (TPSA) is 95.9 Å². The van der Waals surface area contributed by atoms with Crippen LogP contribution in [0.15, 0.2) is 53.4 Å². The Bertz CT molecular complexity index is 1070. The number of unbranched alkanes of at least 4 members (excludes halogenated alkanes) is 2. The minimum Gasteiger partial charge on any atom is -0.508 e. The van der Waals surface area contributed by atoms with Crippen LogP contribution in [0.2, 0.25) is 0 Å². The first kappa shape index (κ1) is 24.5. The number of nitrogens with zero attached hydrogens (tertiary/aromatic N) is 1. The average molecular weight is 485 g/mol. The number of nitrogens with one attached hydrogen (secondary N) is 1. The Morgan fingerprint density at radius 3 is 2.45 bits per heavy atom. The fourth-order valence-electron chi connectivity index (χ4n) is 3.18. The molecule has 0 aliphatic carbocycles. The number of esters is 1. The standard InChI is InChI=1S/C24H24N2O5S2/c1-31-23(30)17-8-6-16(7-9-17)15-20-22(29)26(24(32)33-20)14-4-2-3-5-21(28)25-18-10-12-19(27)13-11-18/h6-13,15,27H,2-5,14H2,1H3,(H,25,28)/b20-15-. The van der Waals surface area contributed by atoms with E-state index in [9.17, 15) is 19.5 Å². The van der Waals surface area contributed by atoms with Crippen molar-refractivity contribution in [1.82, 2.24) is 4.90 Å². The zero-order chi connectivity index (χ0) is 23.8. The van der Waals surface area contributed by atoms with Crippen molar-refractivity contribution in [3.63, 3.8) is 0 Å². The Kier molecular flexibility index (Phi) is 8.62. The summed E-state index contributed by atoms with van der Waals surface area (Å²) in [6.07, 6.45) is 4.35. The second-order valence-electron chi connectivity index (χ2n) is 7.35. The maximum Gasteiger partial charge on any atom is 0.337 e. The highest BCUT2D eigenvalue weighted by Gasteiger charge is 2.31. The van der Waals surface area contributed by atoms with Gasteiger partial charge in [0, 0.05) is 18.7 Å². The van der Waals surface area contributed by atoms with Crippen LogP contribution in [0.5, 0.6) is 5.75 Å². The first-order chi connectivity index (χ1) is 15.9. The molecule has 0 aromatic heterocycles. The molecule has 9 heteroatoms. The molecule has 0 saturated carbocycles. The maximum absolute atomic E-state index is 12.7. The van der Waals surface area contributed by atoms with Gasteiger partial charge in [-0.15, -0.1) is 0 Å².